The van der Waals surface area contributed by atoms with Gasteiger partial charge >= 0.3 is 0 Å². The summed E-state index contributed by atoms with van der Waals surface area (Å²) in [5.74, 6) is 0.849. The van der Waals surface area contributed by atoms with Crippen molar-refractivity contribution in [2.24, 2.45) is 5.92 Å². The van der Waals surface area contributed by atoms with Crippen molar-refractivity contribution in [1.29, 1.82) is 0 Å². The molecule has 0 amide bonds. The van der Waals surface area contributed by atoms with Gasteiger partial charge in [-0.3, -0.25) is 4.90 Å². The van der Waals surface area contributed by atoms with E-state index in [4.69, 9.17) is 0 Å². The molecule has 1 saturated carbocycles. The Morgan fingerprint density at radius 3 is 2.27 bits per heavy atom. The Morgan fingerprint density at radius 2 is 1.58 bits per heavy atom. The monoisotopic (exact) mass is 348 g/mol. The van der Waals surface area contributed by atoms with Crippen molar-refractivity contribution in [1.82, 2.24) is 10.2 Å². The van der Waals surface area contributed by atoms with Gasteiger partial charge in [0.1, 0.15) is 0 Å². The number of hydrogen-bond donors (Lipinski definition) is 1. The fraction of sp³-hybridized carbons (Fsp3) is 0.500. The summed E-state index contributed by atoms with van der Waals surface area (Å²) in [4.78, 5) is 2.73. The summed E-state index contributed by atoms with van der Waals surface area (Å²) in [6.45, 7) is 5.61. The van der Waals surface area contributed by atoms with Gasteiger partial charge in [-0.2, -0.15) is 0 Å². The third-order valence-corrected chi connectivity index (χ3v) is 6.65. The van der Waals surface area contributed by atoms with E-state index in [-0.39, 0.29) is 5.54 Å². The highest BCUT2D eigenvalue weighted by molar-refractivity contribution is 5.26. The number of hydrogen-bond acceptors (Lipinski definition) is 2. The number of rotatable bonds is 4. The van der Waals surface area contributed by atoms with Crippen LogP contribution in [0.3, 0.4) is 0 Å². The van der Waals surface area contributed by atoms with Crippen molar-refractivity contribution >= 4 is 0 Å². The van der Waals surface area contributed by atoms with E-state index < -0.39 is 0 Å². The van der Waals surface area contributed by atoms with E-state index in [9.17, 15) is 0 Å². The third-order valence-electron chi connectivity index (χ3n) is 6.65. The van der Waals surface area contributed by atoms with Crippen LogP contribution in [0.25, 0.3) is 0 Å². The average molecular weight is 349 g/mol. The topological polar surface area (TPSA) is 15.3 Å². The molecule has 138 valence electrons. The van der Waals surface area contributed by atoms with Gasteiger partial charge in [0.25, 0.3) is 0 Å². The van der Waals surface area contributed by atoms with Crippen molar-refractivity contribution < 1.29 is 0 Å². The molecule has 0 aromatic heterocycles. The Hall–Kier alpha value is -1.64. The van der Waals surface area contributed by atoms with Gasteiger partial charge in [0.15, 0.2) is 0 Å². The summed E-state index contributed by atoms with van der Waals surface area (Å²) < 4.78 is 0. The zero-order valence-electron chi connectivity index (χ0n) is 16.0. The maximum atomic E-state index is 3.95. The first kappa shape index (κ1) is 17.8. The van der Waals surface area contributed by atoms with E-state index in [1.54, 1.807) is 0 Å². The molecule has 2 heteroatoms. The fourth-order valence-electron chi connectivity index (χ4n) is 4.92. The van der Waals surface area contributed by atoms with Crippen molar-refractivity contribution in [2.75, 3.05) is 13.1 Å². The summed E-state index contributed by atoms with van der Waals surface area (Å²) in [7, 11) is 0. The molecule has 4 rings (SSSR count). The summed E-state index contributed by atoms with van der Waals surface area (Å²) in [5.41, 5.74) is 2.88. The van der Waals surface area contributed by atoms with Crippen molar-refractivity contribution in [3.05, 3.63) is 71.8 Å². The first-order valence-corrected chi connectivity index (χ1v) is 10.3. The van der Waals surface area contributed by atoms with Crippen LogP contribution in [0.2, 0.25) is 0 Å². The van der Waals surface area contributed by atoms with E-state index in [0.29, 0.717) is 6.04 Å². The number of piperazine rings is 1. The van der Waals surface area contributed by atoms with Gasteiger partial charge < -0.3 is 5.32 Å². The molecule has 1 aliphatic carbocycles. The smallest absolute Gasteiger partial charge is 0.0561 e. The molecule has 2 unspecified atom stereocenters. The molecule has 0 bridgehead atoms. The van der Waals surface area contributed by atoms with Gasteiger partial charge in [0.05, 0.1) is 5.54 Å². The summed E-state index contributed by atoms with van der Waals surface area (Å²) in [5, 5.41) is 3.95. The Kier molecular flexibility index (Phi) is 5.42. The summed E-state index contributed by atoms with van der Waals surface area (Å²) in [6, 6.07) is 22.7. The molecule has 2 aromatic rings. The number of nitrogens with one attached hydrogen (secondary N) is 1. The Balaban J connectivity index is 1.59. The predicted octanol–water partition coefficient (Wildman–Crippen LogP) is 4.96. The molecule has 1 heterocycles. The van der Waals surface area contributed by atoms with Crippen molar-refractivity contribution in [3.63, 3.8) is 0 Å². The second kappa shape index (κ2) is 7.94. The van der Waals surface area contributed by atoms with Crippen LogP contribution in [0.4, 0.5) is 0 Å². The van der Waals surface area contributed by atoms with Crippen molar-refractivity contribution in [2.45, 2.75) is 57.2 Å². The van der Waals surface area contributed by atoms with Gasteiger partial charge in [0, 0.05) is 25.7 Å². The molecule has 1 aliphatic heterocycles. The van der Waals surface area contributed by atoms with E-state index in [1.807, 2.05) is 0 Å². The van der Waals surface area contributed by atoms with Gasteiger partial charge in [0.2, 0.25) is 0 Å². The first-order chi connectivity index (χ1) is 12.8. The largest absolute Gasteiger partial charge is 0.310 e. The van der Waals surface area contributed by atoms with E-state index >= 15 is 0 Å². The summed E-state index contributed by atoms with van der Waals surface area (Å²) >= 11 is 0. The first-order valence-electron chi connectivity index (χ1n) is 10.3. The standard InChI is InChI=1S/C24H32N2/c1-24(22-15-9-4-10-16-22)19-25-23(21-13-7-3-8-14-21)18-26(24)17-20-11-5-2-6-12-20/h2,4-6,9-12,15-16,21,23,25H,3,7-8,13-14,17-19H2,1H3. The maximum Gasteiger partial charge on any atom is 0.0561 e. The average Bonchev–Trinajstić information content (AvgIpc) is 2.72. The minimum atomic E-state index is 0.0439. The molecule has 1 N–H and O–H groups in total. The third kappa shape index (κ3) is 3.72. The molecular weight excluding hydrogens is 316 g/mol. The Bertz CT molecular complexity index is 678. The molecule has 1 saturated heterocycles. The normalized spacial score (nSPS) is 28.1. The highest BCUT2D eigenvalue weighted by Gasteiger charge is 2.41. The minimum absolute atomic E-state index is 0.0439. The van der Waals surface area contributed by atoms with Crippen LogP contribution < -0.4 is 5.32 Å². The zero-order chi connectivity index (χ0) is 17.8. The van der Waals surface area contributed by atoms with Gasteiger partial charge in [-0.1, -0.05) is 79.9 Å². The van der Waals surface area contributed by atoms with E-state index in [1.165, 1.54) is 43.2 Å². The Morgan fingerprint density at radius 1 is 0.923 bits per heavy atom. The SMILES string of the molecule is CC1(c2ccccc2)CNC(C2CCCCC2)CN1Cc1ccccc1. The molecule has 0 spiro atoms. The van der Waals surface area contributed by atoms with Crippen molar-refractivity contribution in [3.8, 4) is 0 Å². The van der Waals surface area contributed by atoms with E-state index in [2.05, 4.69) is 77.8 Å². The van der Waals surface area contributed by atoms with Crippen LogP contribution in [0, 0.1) is 5.92 Å². The maximum absolute atomic E-state index is 3.95. The molecule has 2 aliphatic rings. The quantitative estimate of drug-likeness (QED) is 0.840. The van der Waals surface area contributed by atoms with Gasteiger partial charge in [-0.05, 0) is 36.8 Å². The molecule has 2 aromatic carbocycles. The lowest BCUT2D eigenvalue weighted by molar-refractivity contribution is 0.0228. The lowest BCUT2D eigenvalue weighted by Crippen LogP contribution is -2.62. The minimum Gasteiger partial charge on any atom is -0.310 e. The zero-order valence-corrected chi connectivity index (χ0v) is 16.0. The molecule has 2 fully saturated rings. The number of benzene rings is 2. The van der Waals surface area contributed by atoms with Crippen LogP contribution in [-0.4, -0.2) is 24.0 Å². The highest BCUT2D eigenvalue weighted by atomic mass is 15.3. The van der Waals surface area contributed by atoms with Crippen LogP contribution in [0.15, 0.2) is 60.7 Å². The summed E-state index contributed by atoms with van der Waals surface area (Å²) in [6.07, 6.45) is 7.06. The van der Waals surface area contributed by atoms with Crippen LogP contribution in [0.1, 0.15) is 50.2 Å². The Labute approximate surface area is 158 Å². The van der Waals surface area contributed by atoms with Gasteiger partial charge in [-0.15, -0.1) is 0 Å². The lowest BCUT2D eigenvalue weighted by atomic mass is 9.79. The molecule has 2 nitrogen and oxygen atoms in total. The molecule has 26 heavy (non-hydrogen) atoms. The second-order valence-corrected chi connectivity index (χ2v) is 8.39. The fourth-order valence-corrected chi connectivity index (χ4v) is 4.92. The van der Waals surface area contributed by atoms with Crippen LogP contribution in [-0.2, 0) is 12.1 Å². The predicted molar refractivity (Wildman–Crippen MR) is 109 cm³/mol. The highest BCUT2D eigenvalue weighted by Crippen LogP contribution is 2.36. The second-order valence-electron chi connectivity index (χ2n) is 8.39. The van der Waals surface area contributed by atoms with Crippen LogP contribution >= 0.6 is 0 Å². The lowest BCUT2D eigenvalue weighted by Gasteiger charge is -2.50. The molecule has 2 atom stereocenters. The van der Waals surface area contributed by atoms with Gasteiger partial charge in [-0.25, -0.2) is 0 Å². The van der Waals surface area contributed by atoms with E-state index in [0.717, 1.165) is 25.6 Å². The van der Waals surface area contributed by atoms with Crippen LogP contribution in [0.5, 0.6) is 0 Å². The molecular formula is C24H32N2. The number of nitrogens with zero attached hydrogens (tertiary/aromatic N) is 1. The molecule has 0 radical (unpaired) electrons.